The highest BCUT2D eigenvalue weighted by atomic mass is 16.2. The molecule has 0 saturated carbocycles. The molecular formula is C9H13NO2. The number of piperidine rings is 1. The van der Waals surface area contributed by atoms with Crippen LogP contribution < -0.4 is 0 Å². The maximum absolute atomic E-state index is 11.3. The average molecular weight is 167 g/mol. The second-order valence-corrected chi connectivity index (χ2v) is 4.01. The van der Waals surface area contributed by atoms with Crippen LogP contribution in [0.15, 0.2) is 0 Å². The third-order valence-electron chi connectivity index (χ3n) is 3.02. The molecule has 0 aromatic carbocycles. The number of amides is 1. The van der Waals surface area contributed by atoms with Gasteiger partial charge >= 0.3 is 0 Å². The van der Waals surface area contributed by atoms with Crippen LogP contribution in [-0.4, -0.2) is 28.7 Å². The van der Waals surface area contributed by atoms with E-state index >= 15 is 0 Å². The first kappa shape index (κ1) is 7.77. The van der Waals surface area contributed by atoms with Crippen LogP contribution in [0.25, 0.3) is 0 Å². The highest BCUT2D eigenvalue weighted by Gasteiger charge is 2.45. The number of fused-ring (bicyclic) bond motifs is 1. The molecule has 0 N–H and O–H groups in total. The molecule has 0 aliphatic carbocycles. The zero-order valence-corrected chi connectivity index (χ0v) is 7.30. The average Bonchev–Trinajstić information content (AvgIpc) is 2.27. The van der Waals surface area contributed by atoms with E-state index in [4.69, 9.17) is 0 Å². The van der Waals surface area contributed by atoms with Crippen molar-refractivity contribution in [1.29, 1.82) is 0 Å². The predicted molar refractivity (Wildman–Crippen MR) is 43.6 cm³/mol. The molecule has 2 rings (SSSR count). The van der Waals surface area contributed by atoms with Crippen LogP contribution in [0.1, 0.15) is 32.6 Å². The Morgan fingerprint density at radius 1 is 1.33 bits per heavy atom. The molecule has 2 aliphatic heterocycles. The van der Waals surface area contributed by atoms with E-state index < -0.39 is 0 Å². The van der Waals surface area contributed by atoms with Crippen molar-refractivity contribution in [3.63, 3.8) is 0 Å². The van der Waals surface area contributed by atoms with Crippen molar-refractivity contribution in [3.05, 3.63) is 0 Å². The van der Waals surface area contributed by atoms with Gasteiger partial charge < -0.3 is 4.90 Å². The Morgan fingerprint density at radius 2 is 2.08 bits per heavy atom. The summed E-state index contributed by atoms with van der Waals surface area (Å²) in [6.45, 7) is 2.67. The number of nitrogens with zero attached hydrogens (tertiary/aromatic N) is 1. The summed E-state index contributed by atoms with van der Waals surface area (Å²) in [7, 11) is 0. The summed E-state index contributed by atoms with van der Waals surface area (Å²) in [5.74, 6) is 0.536. The molecule has 0 bridgehead atoms. The van der Waals surface area contributed by atoms with Crippen LogP contribution in [0.4, 0.5) is 0 Å². The van der Waals surface area contributed by atoms with Crippen LogP contribution in [0.2, 0.25) is 0 Å². The fourth-order valence-electron chi connectivity index (χ4n) is 2.28. The van der Waals surface area contributed by atoms with Gasteiger partial charge in [-0.3, -0.25) is 9.59 Å². The minimum absolute atomic E-state index is 0.133. The van der Waals surface area contributed by atoms with E-state index in [1.54, 1.807) is 0 Å². The van der Waals surface area contributed by atoms with Crippen LogP contribution in [-0.2, 0) is 9.59 Å². The lowest BCUT2D eigenvalue weighted by Gasteiger charge is -2.38. The molecule has 66 valence electrons. The quantitative estimate of drug-likeness (QED) is 0.533. The summed E-state index contributed by atoms with van der Waals surface area (Å²) in [5.41, 5.74) is -0.133. The van der Waals surface area contributed by atoms with E-state index in [1.165, 1.54) is 0 Å². The molecule has 0 radical (unpaired) electrons. The standard InChI is InChI=1S/C9H13NO2/c1-9-4-2-8(12)10(9)5-3-7(11)6-9/h2-6H2,1H3/t9-/m0/s1. The number of hydrogen-bond donors (Lipinski definition) is 0. The minimum Gasteiger partial charge on any atom is -0.336 e. The van der Waals surface area contributed by atoms with E-state index in [1.807, 2.05) is 11.8 Å². The molecular weight excluding hydrogens is 154 g/mol. The summed E-state index contributed by atoms with van der Waals surface area (Å²) in [6.07, 6.45) is 2.61. The summed E-state index contributed by atoms with van der Waals surface area (Å²) < 4.78 is 0. The molecule has 3 heteroatoms. The number of carbonyl (C=O) groups excluding carboxylic acids is 2. The Balaban J connectivity index is 2.24. The van der Waals surface area contributed by atoms with Gasteiger partial charge in [-0.05, 0) is 13.3 Å². The van der Waals surface area contributed by atoms with E-state index in [0.717, 1.165) is 6.42 Å². The van der Waals surface area contributed by atoms with Gasteiger partial charge in [-0.1, -0.05) is 0 Å². The van der Waals surface area contributed by atoms with Gasteiger partial charge in [0.05, 0.1) is 0 Å². The first-order valence-electron chi connectivity index (χ1n) is 4.44. The maximum atomic E-state index is 11.3. The Kier molecular flexibility index (Phi) is 1.50. The zero-order valence-electron chi connectivity index (χ0n) is 7.30. The van der Waals surface area contributed by atoms with Crippen LogP contribution in [0.3, 0.4) is 0 Å². The number of carbonyl (C=O) groups is 2. The summed E-state index contributed by atoms with van der Waals surface area (Å²) in [4.78, 5) is 24.4. The van der Waals surface area contributed by atoms with E-state index in [9.17, 15) is 9.59 Å². The number of Topliss-reactive ketones (excluding diaryl/α,β-unsaturated/α-hetero) is 1. The Bertz CT molecular complexity index is 249. The SMILES string of the molecule is C[C@@]12CCC(=O)N1CCC(=O)C2. The van der Waals surface area contributed by atoms with Crippen molar-refractivity contribution in [2.75, 3.05) is 6.54 Å². The number of hydrogen-bond acceptors (Lipinski definition) is 2. The molecule has 12 heavy (non-hydrogen) atoms. The fraction of sp³-hybridized carbons (Fsp3) is 0.778. The zero-order chi connectivity index (χ0) is 8.77. The Labute approximate surface area is 71.7 Å². The maximum Gasteiger partial charge on any atom is 0.223 e. The van der Waals surface area contributed by atoms with E-state index in [0.29, 0.717) is 31.6 Å². The van der Waals surface area contributed by atoms with Crippen molar-refractivity contribution in [1.82, 2.24) is 4.90 Å². The highest BCUT2D eigenvalue weighted by Crippen LogP contribution is 2.36. The summed E-state index contributed by atoms with van der Waals surface area (Å²) >= 11 is 0. The molecule has 0 spiro atoms. The lowest BCUT2D eigenvalue weighted by Crippen LogP contribution is -2.49. The molecule has 2 aliphatic rings. The van der Waals surface area contributed by atoms with Crippen molar-refractivity contribution >= 4 is 11.7 Å². The van der Waals surface area contributed by atoms with Crippen LogP contribution >= 0.6 is 0 Å². The van der Waals surface area contributed by atoms with Crippen LogP contribution in [0, 0.1) is 0 Å². The molecule has 2 heterocycles. The fourth-order valence-corrected chi connectivity index (χ4v) is 2.28. The Hall–Kier alpha value is -0.860. The molecule has 0 aromatic rings. The Morgan fingerprint density at radius 3 is 2.83 bits per heavy atom. The summed E-state index contributed by atoms with van der Waals surface area (Å²) in [5, 5.41) is 0. The van der Waals surface area contributed by atoms with Gasteiger partial charge in [-0.15, -0.1) is 0 Å². The topological polar surface area (TPSA) is 37.4 Å². The summed E-state index contributed by atoms with van der Waals surface area (Å²) in [6, 6.07) is 0. The van der Waals surface area contributed by atoms with Gasteiger partial charge in [0, 0.05) is 31.3 Å². The minimum atomic E-state index is -0.133. The first-order valence-corrected chi connectivity index (χ1v) is 4.44. The lowest BCUT2D eigenvalue weighted by atomic mass is 9.88. The van der Waals surface area contributed by atoms with Crippen molar-refractivity contribution in [2.45, 2.75) is 38.1 Å². The van der Waals surface area contributed by atoms with Crippen molar-refractivity contribution in [3.8, 4) is 0 Å². The third kappa shape index (κ3) is 0.958. The van der Waals surface area contributed by atoms with Gasteiger partial charge in [0.15, 0.2) is 0 Å². The monoisotopic (exact) mass is 167 g/mol. The van der Waals surface area contributed by atoms with Gasteiger partial charge in [-0.2, -0.15) is 0 Å². The van der Waals surface area contributed by atoms with E-state index in [-0.39, 0.29) is 11.4 Å². The van der Waals surface area contributed by atoms with Gasteiger partial charge in [0.1, 0.15) is 5.78 Å². The number of ketones is 1. The number of rotatable bonds is 0. The molecule has 1 atom stereocenters. The molecule has 2 fully saturated rings. The molecule has 0 aromatic heterocycles. The second-order valence-electron chi connectivity index (χ2n) is 4.01. The van der Waals surface area contributed by atoms with Gasteiger partial charge in [-0.25, -0.2) is 0 Å². The molecule has 3 nitrogen and oxygen atoms in total. The highest BCUT2D eigenvalue weighted by molar-refractivity contribution is 5.87. The lowest BCUT2D eigenvalue weighted by molar-refractivity contribution is -0.136. The molecule has 0 unspecified atom stereocenters. The first-order chi connectivity index (χ1) is 5.62. The molecule has 1 amide bonds. The van der Waals surface area contributed by atoms with Gasteiger partial charge in [0.2, 0.25) is 5.91 Å². The van der Waals surface area contributed by atoms with Crippen molar-refractivity contribution in [2.24, 2.45) is 0 Å². The second kappa shape index (κ2) is 2.31. The third-order valence-corrected chi connectivity index (χ3v) is 3.02. The van der Waals surface area contributed by atoms with E-state index in [2.05, 4.69) is 0 Å². The predicted octanol–water partition coefficient (Wildman–Crippen LogP) is 0.730. The van der Waals surface area contributed by atoms with Crippen LogP contribution in [0.5, 0.6) is 0 Å². The molecule has 2 saturated heterocycles. The normalized spacial score (nSPS) is 35.6. The van der Waals surface area contributed by atoms with Gasteiger partial charge in [0.25, 0.3) is 0 Å². The smallest absolute Gasteiger partial charge is 0.223 e. The largest absolute Gasteiger partial charge is 0.336 e. The van der Waals surface area contributed by atoms with Crippen molar-refractivity contribution < 1.29 is 9.59 Å².